The molecule has 0 saturated heterocycles. The van der Waals surface area contributed by atoms with E-state index in [-0.39, 0.29) is 31.4 Å². The van der Waals surface area contributed by atoms with E-state index >= 15 is 0 Å². The highest BCUT2D eigenvalue weighted by molar-refractivity contribution is 6.16. The molecule has 198 valence electrons. The second kappa shape index (κ2) is 10.4. The van der Waals surface area contributed by atoms with Crippen LogP contribution in [-0.4, -0.2) is 45.9 Å². The third-order valence-corrected chi connectivity index (χ3v) is 6.84. The number of H-pyrrole nitrogens is 1. The summed E-state index contributed by atoms with van der Waals surface area (Å²) in [5.74, 6) is -0.975. The van der Waals surface area contributed by atoms with Crippen LogP contribution in [-0.2, 0) is 16.1 Å². The molecule has 2 amide bonds. The zero-order valence-electron chi connectivity index (χ0n) is 21.4. The Morgan fingerprint density at radius 2 is 1.43 bits per heavy atom. The van der Waals surface area contributed by atoms with E-state index in [1.807, 2.05) is 48.5 Å². The summed E-state index contributed by atoms with van der Waals surface area (Å²) in [4.78, 5) is 49.3. The van der Waals surface area contributed by atoms with Gasteiger partial charge in [0.1, 0.15) is 18.9 Å². The van der Waals surface area contributed by atoms with Gasteiger partial charge < -0.3 is 20.3 Å². The first-order valence-electron chi connectivity index (χ1n) is 12.8. The van der Waals surface area contributed by atoms with E-state index in [1.165, 1.54) is 4.90 Å². The van der Waals surface area contributed by atoms with Gasteiger partial charge >= 0.3 is 5.97 Å². The molecule has 9 heteroatoms. The van der Waals surface area contributed by atoms with E-state index in [2.05, 4.69) is 15.3 Å². The minimum atomic E-state index is -1.03. The number of carbonyl (C=O) groups is 3. The van der Waals surface area contributed by atoms with Gasteiger partial charge in [0.05, 0.1) is 33.7 Å². The van der Waals surface area contributed by atoms with Crippen molar-refractivity contribution in [3.63, 3.8) is 0 Å². The molecule has 0 unspecified atom stereocenters. The lowest BCUT2D eigenvalue weighted by molar-refractivity contribution is -0.135. The van der Waals surface area contributed by atoms with Crippen LogP contribution in [0.2, 0.25) is 0 Å². The Morgan fingerprint density at radius 3 is 2.15 bits per heavy atom. The Balaban J connectivity index is 1.19. The molecule has 0 fully saturated rings. The molecule has 0 radical (unpaired) electrons. The molecule has 3 N–H and O–H groups in total. The molecular weight excluding hydrogens is 506 g/mol. The molecule has 6 rings (SSSR count). The number of carboxylic acid groups (broad SMARTS) is 1. The summed E-state index contributed by atoms with van der Waals surface area (Å²) in [6.45, 7) is -0.266. The smallest absolute Gasteiger partial charge is 0.323 e. The number of benzene rings is 4. The number of carbonyl (C=O) groups excluding carboxylic acids is 2. The van der Waals surface area contributed by atoms with Gasteiger partial charge in [0.25, 0.3) is 5.91 Å². The highest BCUT2D eigenvalue weighted by Gasteiger charge is 2.32. The maximum Gasteiger partial charge on any atom is 0.323 e. The number of amides is 2. The minimum Gasteiger partial charge on any atom is -0.480 e. The summed E-state index contributed by atoms with van der Waals surface area (Å²) in [5.41, 5.74) is 5.51. The number of aliphatic carboxylic acids is 1. The van der Waals surface area contributed by atoms with Crippen LogP contribution in [0, 0.1) is 0 Å². The minimum absolute atomic E-state index is 0.220. The maximum atomic E-state index is 13.6. The van der Waals surface area contributed by atoms with Crippen molar-refractivity contribution in [3.05, 3.63) is 108 Å². The highest BCUT2D eigenvalue weighted by atomic mass is 16.4. The van der Waals surface area contributed by atoms with Crippen molar-refractivity contribution in [2.45, 2.75) is 6.54 Å². The van der Waals surface area contributed by atoms with Gasteiger partial charge in [-0.15, -0.1) is 0 Å². The van der Waals surface area contributed by atoms with Gasteiger partial charge in [-0.25, -0.2) is 4.98 Å². The lowest BCUT2D eigenvalue weighted by Crippen LogP contribution is -2.40. The van der Waals surface area contributed by atoms with E-state index in [4.69, 9.17) is 0 Å². The fourth-order valence-corrected chi connectivity index (χ4v) is 4.93. The number of hydrogen-bond donors (Lipinski definition) is 3. The van der Waals surface area contributed by atoms with Gasteiger partial charge in [-0.3, -0.25) is 19.3 Å². The average molecular weight is 532 g/mol. The van der Waals surface area contributed by atoms with Gasteiger partial charge in [-0.05, 0) is 42.0 Å². The second-order valence-corrected chi connectivity index (χ2v) is 9.45. The first kappa shape index (κ1) is 24.9. The number of anilines is 3. The van der Waals surface area contributed by atoms with Crippen LogP contribution in [0.4, 0.5) is 17.1 Å². The third kappa shape index (κ3) is 4.76. The van der Waals surface area contributed by atoms with Gasteiger partial charge in [0.15, 0.2) is 0 Å². The Morgan fingerprint density at radius 1 is 0.775 bits per heavy atom. The maximum absolute atomic E-state index is 13.6. The van der Waals surface area contributed by atoms with Crippen LogP contribution < -0.4 is 15.1 Å². The number of imidazole rings is 1. The zero-order chi connectivity index (χ0) is 27.6. The van der Waals surface area contributed by atoms with E-state index in [0.717, 1.165) is 28.0 Å². The Hall–Kier alpha value is -5.44. The quantitative estimate of drug-likeness (QED) is 0.279. The summed E-state index contributed by atoms with van der Waals surface area (Å²) in [6, 6.07) is 29.4. The van der Waals surface area contributed by atoms with E-state index < -0.39 is 5.97 Å². The third-order valence-electron chi connectivity index (χ3n) is 6.84. The van der Waals surface area contributed by atoms with E-state index in [0.29, 0.717) is 22.6 Å². The van der Waals surface area contributed by atoms with E-state index in [9.17, 15) is 19.5 Å². The topological polar surface area (TPSA) is 119 Å². The number of para-hydroxylation sites is 5. The number of fused-ring (bicyclic) bond motifs is 3. The standard InChI is InChI=1S/C31H25N5O4/c37-28(32-17-20-13-15-21(16-14-20)30-33-23-8-2-3-9-24(23)34-30)18-36-27-12-6-5-11-26(27)35(19-29(38)39)25-10-4-1-7-22(25)31(36)40/h1-16H,17-19H2,(H,32,37)(H,33,34)(H,38,39). The first-order chi connectivity index (χ1) is 19.5. The molecule has 4 aromatic carbocycles. The van der Waals surface area contributed by atoms with Crippen molar-refractivity contribution in [1.29, 1.82) is 0 Å². The molecular formula is C31H25N5O4. The lowest BCUT2D eigenvalue weighted by Gasteiger charge is -2.26. The Kier molecular flexibility index (Phi) is 6.45. The van der Waals surface area contributed by atoms with Crippen molar-refractivity contribution in [1.82, 2.24) is 15.3 Å². The van der Waals surface area contributed by atoms with Gasteiger partial charge in [-0.1, -0.05) is 60.7 Å². The van der Waals surface area contributed by atoms with Crippen LogP contribution in [0.1, 0.15) is 15.9 Å². The number of hydrogen-bond acceptors (Lipinski definition) is 5. The first-order valence-corrected chi connectivity index (χ1v) is 12.8. The molecule has 1 aliphatic rings. The van der Waals surface area contributed by atoms with Crippen molar-refractivity contribution in [2.75, 3.05) is 22.9 Å². The van der Waals surface area contributed by atoms with Gasteiger partial charge in [0, 0.05) is 12.1 Å². The summed E-state index contributed by atoms with van der Waals surface area (Å²) in [7, 11) is 0. The van der Waals surface area contributed by atoms with Crippen molar-refractivity contribution < 1.29 is 19.5 Å². The molecule has 0 aliphatic carbocycles. The number of carboxylic acids is 1. The molecule has 5 aromatic rings. The summed E-state index contributed by atoms with van der Waals surface area (Å²) < 4.78 is 0. The average Bonchev–Trinajstić information content (AvgIpc) is 3.39. The van der Waals surface area contributed by atoms with Crippen molar-refractivity contribution >= 4 is 45.9 Å². The SMILES string of the molecule is O=C(O)CN1c2ccccc2C(=O)N(CC(=O)NCc2ccc(-c3nc4ccccc4[nH]3)cc2)c2ccccc21. The summed E-state index contributed by atoms with van der Waals surface area (Å²) in [5, 5.41) is 12.5. The number of rotatable bonds is 7. The van der Waals surface area contributed by atoms with Gasteiger partial charge in [0.2, 0.25) is 5.91 Å². The Bertz CT molecular complexity index is 1710. The molecule has 40 heavy (non-hydrogen) atoms. The monoisotopic (exact) mass is 531 g/mol. The largest absolute Gasteiger partial charge is 0.480 e. The van der Waals surface area contributed by atoms with Crippen LogP contribution in [0.3, 0.4) is 0 Å². The van der Waals surface area contributed by atoms with Crippen LogP contribution in [0.25, 0.3) is 22.4 Å². The second-order valence-electron chi connectivity index (χ2n) is 9.45. The number of nitrogens with one attached hydrogen (secondary N) is 2. The molecule has 1 aromatic heterocycles. The van der Waals surface area contributed by atoms with Gasteiger partial charge in [-0.2, -0.15) is 0 Å². The molecule has 0 saturated carbocycles. The zero-order valence-corrected chi connectivity index (χ0v) is 21.4. The number of aromatic nitrogens is 2. The van der Waals surface area contributed by atoms with Crippen molar-refractivity contribution in [3.8, 4) is 11.4 Å². The van der Waals surface area contributed by atoms with Crippen LogP contribution >= 0.6 is 0 Å². The highest BCUT2D eigenvalue weighted by Crippen LogP contribution is 2.40. The predicted octanol–water partition coefficient (Wildman–Crippen LogP) is 4.73. The fraction of sp³-hybridized carbons (Fsp3) is 0.0968. The molecule has 9 nitrogen and oxygen atoms in total. The van der Waals surface area contributed by atoms with Crippen molar-refractivity contribution in [2.24, 2.45) is 0 Å². The molecule has 0 spiro atoms. The normalized spacial score (nSPS) is 12.6. The van der Waals surface area contributed by atoms with Crippen LogP contribution in [0.15, 0.2) is 97.1 Å². The summed E-state index contributed by atoms with van der Waals surface area (Å²) in [6.07, 6.45) is 0. The molecule has 2 heterocycles. The number of aromatic amines is 1. The predicted molar refractivity (Wildman–Crippen MR) is 153 cm³/mol. The molecule has 1 aliphatic heterocycles. The van der Waals surface area contributed by atoms with E-state index in [1.54, 1.807) is 53.4 Å². The molecule has 0 bridgehead atoms. The van der Waals surface area contributed by atoms with Crippen LogP contribution in [0.5, 0.6) is 0 Å². The molecule has 0 atom stereocenters. The summed E-state index contributed by atoms with van der Waals surface area (Å²) >= 11 is 0. The lowest BCUT2D eigenvalue weighted by atomic mass is 10.1. The Labute approximate surface area is 229 Å². The fourth-order valence-electron chi connectivity index (χ4n) is 4.93. The number of nitrogens with zero attached hydrogens (tertiary/aromatic N) is 3.